The van der Waals surface area contributed by atoms with Gasteiger partial charge in [0.1, 0.15) is 30.5 Å². The Morgan fingerprint density at radius 2 is 1.60 bits per heavy atom. The summed E-state index contributed by atoms with van der Waals surface area (Å²) in [6, 6.07) is -3.64. The zero-order valence-corrected chi connectivity index (χ0v) is 22.8. The molecule has 0 radical (unpaired) electrons. The van der Waals surface area contributed by atoms with Crippen molar-refractivity contribution in [3.8, 4) is 0 Å². The van der Waals surface area contributed by atoms with Gasteiger partial charge in [0.25, 0.3) is 11.5 Å². The monoisotopic (exact) mass is 620 g/mol. The van der Waals surface area contributed by atoms with E-state index in [9.17, 15) is 45.0 Å². The highest BCUT2D eigenvalue weighted by Gasteiger charge is 2.51. The Morgan fingerprint density at radius 3 is 2.26 bits per heavy atom. The minimum atomic E-state index is -1.71. The number of aromatic nitrogens is 2. The molecule has 2 aliphatic heterocycles. The lowest BCUT2D eigenvalue weighted by molar-refractivity contribution is -0.282. The molecule has 20 nitrogen and oxygen atoms in total. The minimum Gasteiger partial charge on any atom is -0.390 e. The quantitative estimate of drug-likeness (QED) is 0.114. The van der Waals surface area contributed by atoms with Crippen LogP contribution in [-0.4, -0.2) is 151 Å². The van der Waals surface area contributed by atoms with Crippen LogP contribution in [0.1, 0.15) is 6.23 Å². The predicted octanol–water partition coefficient (Wildman–Crippen LogP) is -9.26. The van der Waals surface area contributed by atoms with E-state index in [1.807, 2.05) is 4.98 Å². The predicted molar refractivity (Wildman–Crippen MR) is 143 cm³/mol. The van der Waals surface area contributed by atoms with Gasteiger partial charge in [0.15, 0.2) is 18.6 Å². The molecule has 0 bridgehead atoms. The normalized spacial score (nSPS) is 43.4. The molecule has 2 saturated heterocycles. The number of aliphatic hydroxyl groups excluding tert-OH is 6. The Labute approximate surface area is 243 Å². The molecule has 0 aromatic carbocycles. The molecular weight excluding hydrogens is 580 g/mol. The van der Waals surface area contributed by atoms with Crippen molar-refractivity contribution < 1.29 is 49.6 Å². The lowest BCUT2D eigenvalue weighted by Gasteiger charge is -2.48. The molecule has 17 N–H and O–H groups in total. The highest BCUT2D eigenvalue weighted by Crippen LogP contribution is 2.29. The molecule has 244 valence electrons. The van der Waals surface area contributed by atoms with Gasteiger partial charge in [-0.05, 0) is 0 Å². The molecule has 43 heavy (non-hydrogen) atoms. The van der Waals surface area contributed by atoms with Gasteiger partial charge in [-0.25, -0.2) is 4.79 Å². The first kappa shape index (κ1) is 33.5. The van der Waals surface area contributed by atoms with Crippen LogP contribution in [-0.2, 0) is 19.0 Å². The van der Waals surface area contributed by atoms with Crippen molar-refractivity contribution in [2.75, 3.05) is 19.6 Å². The Morgan fingerprint density at radius 1 is 0.907 bits per heavy atom. The number of amides is 1. The fourth-order valence-electron chi connectivity index (χ4n) is 5.42. The van der Waals surface area contributed by atoms with E-state index in [2.05, 4.69) is 10.6 Å². The summed E-state index contributed by atoms with van der Waals surface area (Å²) in [5.41, 5.74) is 22.1. The van der Waals surface area contributed by atoms with E-state index in [-0.39, 0.29) is 19.6 Å². The number of rotatable bonds is 9. The van der Waals surface area contributed by atoms with Crippen molar-refractivity contribution in [1.82, 2.24) is 20.2 Å². The topological polar surface area (TPSA) is 349 Å². The highest BCUT2D eigenvalue weighted by atomic mass is 16.7. The van der Waals surface area contributed by atoms with Crippen LogP contribution in [0.3, 0.4) is 0 Å². The van der Waals surface area contributed by atoms with Gasteiger partial charge in [0, 0.05) is 31.9 Å². The molecule has 3 heterocycles. The Kier molecular flexibility index (Phi) is 10.7. The maximum absolute atomic E-state index is 12.7. The zero-order valence-electron chi connectivity index (χ0n) is 22.8. The third-order valence-corrected chi connectivity index (χ3v) is 7.98. The number of ether oxygens (including phenoxy) is 3. The van der Waals surface area contributed by atoms with Crippen molar-refractivity contribution >= 4 is 5.91 Å². The van der Waals surface area contributed by atoms with Gasteiger partial charge in [-0.15, -0.1) is 0 Å². The number of nitrogens with zero attached hydrogens (tertiary/aromatic N) is 1. The number of carbonyl (C=O) groups excluding carboxylic acids is 1. The van der Waals surface area contributed by atoms with Crippen LogP contribution >= 0.6 is 0 Å². The maximum atomic E-state index is 12.7. The van der Waals surface area contributed by atoms with Crippen LogP contribution in [0.15, 0.2) is 21.9 Å². The second-order valence-electron chi connectivity index (χ2n) is 10.8. The first-order valence-electron chi connectivity index (χ1n) is 13.6. The number of carbonyl (C=O) groups is 1. The molecule has 1 saturated carbocycles. The number of nitrogens with two attached hydrogens (primary N) is 4. The molecule has 1 aliphatic carbocycles. The number of hydrogen-bond donors (Lipinski definition) is 13. The van der Waals surface area contributed by atoms with Gasteiger partial charge < -0.3 is 78.4 Å². The maximum Gasteiger partial charge on any atom is 0.330 e. The second kappa shape index (κ2) is 13.7. The van der Waals surface area contributed by atoms with Gasteiger partial charge in [-0.3, -0.25) is 19.1 Å². The van der Waals surface area contributed by atoms with Gasteiger partial charge in [-0.1, -0.05) is 0 Å². The van der Waals surface area contributed by atoms with Crippen LogP contribution < -0.4 is 44.8 Å². The van der Waals surface area contributed by atoms with Crippen LogP contribution in [0.2, 0.25) is 0 Å². The molecule has 1 aromatic rings. The van der Waals surface area contributed by atoms with Gasteiger partial charge >= 0.3 is 5.69 Å². The van der Waals surface area contributed by atoms with E-state index in [1.54, 1.807) is 0 Å². The summed E-state index contributed by atoms with van der Waals surface area (Å²) in [4.78, 5) is 38.1. The van der Waals surface area contributed by atoms with Gasteiger partial charge in [0.2, 0.25) is 0 Å². The molecule has 0 unspecified atom stereocenters. The number of hydrogen-bond acceptors (Lipinski definition) is 17. The lowest BCUT2D eigenvalue weighted by Crippen LogP contribution is -2.74. The SMILES string of the molecule is NC[C@H]1O[C@H](O[C@@H]2[C@@H](N)[C@H](O)[C@@H](N)[C@H](O)[C@H]2NCCNC(=O)[C@H]2O[C@@H](n3ccc(=O)[nH]c3=O)[C@H](O)[C@@H]2O)[C@H](N)[C@@H](O)[C@@H]1O. The number of nitrogens with one attached hydrogen (secondary N) is 3. The van der Waals surface area contributed by atoms with Crippen molar-refractivity contribution in [2.45, 2.75) is 91.6 Å². The number of aliphatic hydroxyl groups is 6. The molecule has 20 heteroatoms. The average molecular weight is 621 g/mol. The van der Waals surface area contributed by atoms with E-state index >= 15 is 0 Å². The standard InChI is InChI=1S/C23H40N8O12/c24-5-6-12(33)15(36)10(27)22(41-6)43-18-9(26)13(34)8(25)14(35)11(18)28-2-3-29-20(39)19-16(37)17(38)21(42-19)31-4-1-7(32)30-23(31)40/h1,4,6,8-19,21-22,28,33-38H,2-3,5,24-27H2,(H,29,39)(H,30,32,40)/t6-,8-,9+,10-,11-,12-,13-,14+,15-,16+,17-,18-,19+,21-,22-/m1/s1. The van der Waals surface area contributed by atoms with Crippen LogP contribution in [0, 0.1) is 0 Å². The summed E-state index contributed by atoms with van der Waals surface area (Å²) >= 11 is 0. The zero-order chi connectivity index (χ0) is 31.7. The summed E-state index contributed by atoms with van der Waals surface area (Å²) < 4.78 is 17.8. The van der Waals surface area contributed by atoms with Gasteiger partial charge in [-0.2, -0.15) is 0 Å². The molecule has 1 amide bonds. The first-order valence-corrected chi connectivity index (χ1v) is 13.6. The Balaban J connectivity index is 1.37. The van der Waals surface area contributed by atoms with Crippen LogP contribution in [0.5, 0.6) is 0 Å². The number of aromatic amines is 1. The van der Waals surface area contributed by atoms with E-state index in [0.717, 1.165) is 16.8 Å². The van der Waals surface area contributed by atoms with Crippen molar-refractivity contribution in [1.29, 1.82) is 0 Å². The Hall–Kier alpha value is -2.41. The molecule has 1 aromatic heterocycles. The van der Waals surface area contributed by atoms with E-state index in [1.165, 1.54) is 0 Å². The van der Waals surface area contributed by atoms with Crippen LogP contribution in [0.4, 0.5) is 0 Å². The summed E-state index contributed by atoms with van der Waals surface area (Å²) in [5.74, 6) is -0.837. The molecule has 0 spiro atoms. The van der Waals surface area contributed by atoms with E-state index in [4.69, 9.17) is 37.1 Å². The number of H-pyrrole nitrogens is 1. The second-order valence-corrected chi connectivity index (χ2v) is 10.8. The summed E-state index contributed by atoms with van der Waals surface area (Å²) in [5, 5.41) is 67.9. The molecular formula is C23H40N8O12. The molecule has 15 atom stereocenters. The average Bonchev–Trinajstić information content (AvgIpc) is 3.27. The van der Waals surface area contributed by atoms with Crippen molar-refractivity contribution in [2.24, 2.45) is 22.9 Å². The third kappa shape index (κ3) is 6.67. The van der Waals surface area contributed by atoms with Crippen molar-refractivity contribution in [3.63, 3.8) is 0 Å². The molecule has 4 rings (SSSR count). The fourth-order valence-corrected chi connectivity index (χ4v) is 5.42. The summed E-state index contributed by atoms with van der Waals surface area (Å²) in [7, 11) is 0. The summed E-state index contributed by atoms with van der Waals surface area (Å²) in [6.45, 7) is -0.327. The van der Waals surface area contributed by atoms with E-state index < -0.39 is 109 Å². The lowest BCUT2D eigenvalue weighted by atomic mass is 9.80. The highest BCUT2D eigenvalue weighted by molar-refractivity contribution is 5.81. The minimum absolute atomic E-state index is 0.0403. The third-order valence-electron chi connectivity index (χ3n) is 7.98. The van der Waals surface area contributed by atoms with E-state index in [0.29, 0.717) is 0 Å². The fraction of sp³-hybridized carbons (Fsp3) is 0.783. The summed E-state index contributed by atoms with van der Waals surface area (Å²) in [6.07, 6.45) is -14.6. The molecule has 3 aliphatic rings. The Bertz CT molecular complexity index is 1220. The largest absolute Gasteiger partial charge is 0.390 e. The van der Waals surface area contributed by atoms with Crippen LogP contribution in [0.25, 0.3) is 0 Å². The molecule has 3 fully saturated rings. The smallest absolute Gasteiger partial charge is 0.330 e. The van der Waals surface area contributed by atoms with Crippen molar-refractivity contribution in [3.05, 3.63) is 33.1 Å². The van der Waals surface area contributed by atoms with Gasteiger partial charge in [0.05, 0.1) is 42.5 Å². The first-order chi connectivity index (χ1) is 20.3.